The molecule has 1 heterocycles. The number of aromatic nitrogens is 2. The summed E-state index contributed by atoms with van der Waals surface area (Å²) in [4.78, 5) is 21.6. The van der Waals surface area contributed by atoms with Gasteiger partial charge in [-0.05, 0) is 12.1 Å². The third-order valence-electron chi connectivity index (χ3n) is 2.31. The first-order valence-corrected chi connectivity index (χ1v) is 5.43. The molecule has 0 aliphatic carbocycles. The van der Waals surface area contributed by atoms with Crippen LogP contribution in [-0.4, -0.2) is 21.2 Å². The maximum atomic E-state index is 11.6. The number of nitro groups is 1. The lowest BCUT2D eigenvalue weighted by molar-refractivity contribution is -0.384. The number of anilines is 1. The molecule has 0 fully saturated rings. The van der Waals surface area contributed by atoms with E-state index in [1.807, 2.05) is 0 Å². The number of urea groups is 1. The summed E-state index contributed by atoms with van der Waals surface area (Å²) in [5.41, 5.74) is 1.04. The van der Waals surface area contributed by atoms with Gasteiger partial charge in [0.2, 0.25) is 0 Å². The van der Waals surface area contributed by atoms with Gasteiger partial charge in [0.05, 0.1) is 17.2 Å². The molecule has 8 nitrogen and oxygen atoms in total. The average molecular weight is 261 g/mol. The van der Waals surface area contributed by atoms with Gasteiger partial charge in [0.15, 0.2) is 0 Å². The number of carbonyl (C=O) groups excluding carboxylic acids is 1. The predicted molar refractivity (Wildman–Crippen MR) is 67.5 cm³/mol. The van der Waals surface area contributed by atoms with Crippen LogP contribution in [0.15, 0.2) is 36.5 Å². The van der Waals surface area contributed by atoms with E-state index < -0.39 is 11.0 Å². The molecule has 0 bridgehead atoms. The molecule has 0 radical (unpaired) electrons. The van der Waals surface area contributed by atoms with E-state index in [0.717, 1.165) is 5.69 Å². The molecule has 19 heavy (non-hydrogen) atoms. The van der Waals surface area contributed by atoms with Crippen molar-refractivity contribution in [1.82, 2.24) is 15.5 Å². The maximum Gasteiger partial charge on any atom is 0.319 e. The van der Waals surface area contributed by atoms with Crippen LogP contribution in [0.4, 0.5) is 16.2 Å². The van der Waals surface area contributed by atoms with Crippen LogP contribution in [0.25, 0.3) is 0 Å². The number of hydrogen-bond acceptors (Lipinski definition) is 4. The van der Waals surface area contributed by atoms with Gasteiger partial charge in [-0.25, -0.2) is 4.79 Å². The fraction of sp³-hybridized carbons (Fsp3) is 0.0909. The quantitative estimate of drug-likeness (QED) is 0.573. The van der Waals surface area contributed by atoms with E-state index in [-0.39, 0.29) is 5.69 Å². The number of nitro benzene ring substituents is 1. The molecule has 1 aromatic heterocycles. The van der Waals surface area contributed by atoms with E-state index >= 15 is 0 Å². The van der Waals surface area contributed by atoms with Crippen LogP contribution in [0, 0.1) is 10.1 Å². The number of rotatable bonds is 4. The van der Waals surface area contributed by atoms with Crippen molar-refractivity contribution in [2.75, 3.05) is 5.32 Å². The van der Waals surface area contributed by atoms with Crippen molar-refractivity contribution in [2.24, 2.45) is 0 Å². The molecule has 8 heteroatoms. The van der Waals surface area contributed by atoms with Crippen LogP contribution in [0.5, 0.6) is 0 Å². The molecule has 0 unspecified atom stereocenters. The lowest BCUT2D eigenvalue weighted by Gasteiger charge is -2.06. The molecule has 0 saturated carbocycles. The zero-order chi connectivity index (χ0) is 13.7. The Kier molecular flexibility index (Phi) is 3.72. The third-order valence-corrected chi connectivity index (χ3v) is 2.31. The van der Waals surface area contributed by atoms with Gasteiger partial charge in [-0.2, -0.15) is 5.10 Å². The Hall–Kier alpha value is -2.90. The molecule has 0 saturated heterocycles. The Morgan fingerprint density at radius 2 is 2.26 bits per heavy atom. The standard InChI is InChI=1S/C11H11N5O3/c17-11(12-7-9-4-5-13-15-9)14-8-2-1-3-10(6-8)16(18)19/h1-6H,7H2,(H,13,15)(H2,12,14,17). The summed E-state index contributed by atoms with van der Waals surface area (Å²) in [6.45, 7) is 0.292. The fourth-order valence-electron chi connectivity index (χ4n) is 1.43. The van der Waals surface area contributed by atoms with Crippen molar-refractivity contribution in [3.8, 4) is 0 Å². The molecule has 0 aliphatic rings. The Bertz CT molecular complexity index is 582. The number of amides is 2. The van der Waals surface area contributed by atoms with Crippen LogP contribution in [-0.2, 0) is 6.54 Å². The largest absolute Gasteiger partial charge is 0.332 e. The van der Waals surface area contributed by atoms with Crippen LogP contribution in [0.2, 0.25) is 0 Å². The minimum Gasteiger partial charge on any atom is -0.332 e. The number of benzene rings is 1. The summed E-state index contributed by atoms with van der Waals surface area (Å²) in [7, 11) is 0. The van der Waals surface area contributed by atoms with Gasteiger partial charge in [-0.3, -0.25) is 15.2 Å². The Morgan fingerprint density at radius 1 is 1.42 bits per heavy atom. The van der Waals surface area contributed by atoms with Gasteiger partial charge in [-0.1, -0.05) is 6.07 Å². The first-order valence-electron chi connectivity index (χ1n) is 5.43. The van der Waals surface area contributed by atoms with E-state index in [0.29, 0.717) is 12.2 Å². The first-order chi connectivity index (χ1) is 9.15. The molecule has 98 valence electrons. The van der Waals surface area contributed by atoms with Crippen LogP contribution < -0.4 is 10.6 Å². The molecular weight excluding hydrogens is 250 g/mol. The summed E-state index contributed by atoms with van der Waals surface area (Å²) in [5, 5.41) is 22.1. The van der Waals surface area contributed by atoms with Crippen molar-refractivity contribution in [1.29, 1.82) is 0 Å². The molecule has 2 rings (SSSR count). The zero-order valence-corrected chi connectivity index (χ0v) is 9.79. The number of nitrogens with one attached hydrogen (secondary N) is 3. The van der Waals surface area contributed by atoms with Gasteiger partial charge >= 0.3 is 6.03 Å². The number of H-pyrrole nitrogens is 1. The molecule has 0 atom stereocenters. The van der Waals surface area contributed by atoms with Crippen LogP contribution in [0.1, 0.15) is 5.69 Å². The number of hydrogen-bond donors (Lipinski definition) is 3. The molecule has 0 aliphatic heterocycles. The maximum absolute atomic E-state index is 11.6. The fourth-order valence-corrected chi connectivity index (χ4v) is 1.43. The van der Waals surface area contributed by atoms with E-state index in [1.54, 1.807) is 18.3 Å². The predicted octanol–water partition coefficient (Wildman–Crippen LogP) is 1.64. The zero-order valence-electron chi connectivity index (χ0n) is 9.79. The van der Waals surface area contributed by atoms with E-state index in [4.69, 9.17) is 0 Å². The highest BCUT2D eigenvalue weighted by Crippen LogP contribution is 2.16. The smallest absolute Gasteiger partial charge is 0.319 e. The molecule has 3 N–H and O–H groups in total. The highest BCUT2D eigenvalue weighted by atomic mass is 16.6. The van der Waals surface area contributed by atoms with Crippen molar-refractivity contribution in [3.05, 3.63) is 52.3 Å². The number of nitrogens with zero attached hydrogens (tertiary/aromatic N) is 2. The van der Waals surface area contributed by atoms with Gasteiger partial charge in [0, 0.05) is 24.0 Å². The Balaban J connectivity index is 1.91. The summed E-state index contributed by atoms with van der Waals surface area (Å²) in [5.74, 6) is 0. The highest BCUT2D eigenvalue weighted by Gasteiger charge is 2.07. The minimum atomic E-state index is -0.520. The van der Waals surface area contributed by atoms with Gasteiger partial charge < -0.3 is 10.6 Å². The first kappa shape index (κ1) is 12.6. The van der Waals surface area contributed by atoms with E-state index in [1.165, 1.54) is 18.2 Å². The molecule has 0 spiro atoms. The number of non-ortho nitro benzene ring substituents is 1. The summed E-state index contributed by atoms with van der Waals surface area (Å²) in [6.07, 6.45) is 1.58. The number of aromatic amines is 1. The molecule has 2 aromatic rings. The van der Waals surface area contributed by atoms with Crippen LogP contribution >= 0.6 is 0 Å². The topological polar surface area (TPSA) is 113 Å². The summed E-state index contributed by atoms with van der Waals surface area (Å²) in [6, 6.07) is 7.00. The third kappa shape index (κ3) is 3.53. The van der Waals surface area contributed by atoms with Crippen molar-refractivity contribution >= 4 is 17.4 Å². The molecule has 2 amide bonds. The van der Waals surface area contributed by atoms with Gasteiger partial charge in [-0.15, -0.1) is 0 Å². The second-order valence-electron chi connectivity index (χ2n) is 3.70. The lowest BCUT2D eigenvalue weighted by Crippen LogP contribution is -2.28. The highest BCUT2D eigenvalue weighted by molar-refractivity contribution is 5.89. The van der Waals surface area contributed by atoms with E-state index in [2.05, 4.69) is 20.8 Å². The summed E-state index contributed by atoms with van der Waals surface area (Å²) >= 11 is 0. The monoisotopic (exact) mass is 261 g/mol. The Morgan fingerprint density at radius 3 is 2.95 bits per heavy atom. The number of carbonyl (C=O) groups is 1. The van der Waals surface area contributed by atoms with Crippen molar-refractivity contribution in [3.63, 3.8) is 0 Å². The lowest BCUT2D eigenvalue weighted by atomic mass is 10.3. The van der Waals surface area contributed by atoms with E-state index in [9.17, 15) is 14.9 Å². The van der Waals surface area contributed by atoms with Gasteiger partial charge in [0.1, 0.15) is 0 Å². The summed E-state index contributed by atoms with van der Waals surface area (Å²) < 4.78 is 0. The van der Waals surface area contributed by atoms with Gasteiger partial charge in [0.25, 0.3) is 5.69 Å². The molecule has 1 aromatic carbocycles. The molecular formula is C11H11N5O3. The van der Waals surface area contributed by atoms with Crippen molar-refractivity contribution in [2.45, 2.75) is 6.54 Å². The van der Waals surface area contributed by atoms with Crippen LogP contribution in [0.3, 0.4) is 0 Å². The SMILES string of the molecule is O=C(NCc1ccn[nH]1)Nc1cccc([N+](=O)[O-])c1. The Labute approximate surface area is 108 Å². The minimum absolute atomic E-state index is 0.0774. The average Bonchev–Trinajstić information content (AvgIpc) is 2.90. The second kappa shape index (κ2) is 5.63. The van der Waals surface area contributed by atoms with Crippen molar-refractivity contribution < 1.29 is 9.72 Å². The second-order valence-corrected chi connectivity index (χ2v) is 3.70. The normalized spacial score (nSPS) is 9.89.